The fraction of sp³-hybridized carbons (Fsp3) is 0. The van der Waals surface area contributed by atoms with Crippen molar-refractivity contribution in [1.82, 2.24) is 0 Å². The maximum atomic E-state index is 6.21. The molecular weight excluding hydrogens is 615 g/mol. The molecule has 0 aliphatic heterocycles. The Hall–Kier alpha value is -6.16. The van der Waals surface area contributed by atoms with E-state index in [1.807, 2.05) is 23.5 Å². The quantitative estimate of drug-likeness (QED) is 0.186. The van der Waals surface area contributed by atoms with Crippen LogP contribution >= 0.6 is 11.3 Å². The normalized spacial score (nSPS) is 11.7. The zero-order chi connectivity index (χ0) is 32.3. The van der Waals surface area contributed by atoms with Crippen molar-refractivity contribution >= 4 is 81.3 Å². The maximum absolute atomic E-state index is 6.21. The van der Waals surface area contributed by atoms with Gasteiger partial charge in [0.25, 0.3) is 0 Å². The van der Waals surface area contributed by atoms with Crippen LogP contribution in [0.3, 0.4) is 0 Å². The summed E-state index contributed by atoms with van der Waals surface area (Å²) in [5, 5.41) is 7.31. The molecule has 0 atom stereocenters. The molecule has 3 heteroatoms. The molecule has 0 spiro atoms. The fourth-order valence-corrected chi connectivity index (χ4v) is 8.35. The van der Waals surface area contributed by atoms with Crippen LogP contribution < -0.4 is 4.90 Å². The van der Waals surface area contributed by atoms with Crippen molar-refractivity contribution in [3.63, 3.8) is 0 Å². The number of hydrogen-bond acceptors (Lipinski definition) is 3. The molecule has 0 aliphatic rings. The van der Waals surface area contributed by atoms with Gasteiger partial charge in [0.1, 0.15) is 11.2 Å². The molecule has 0 N–H and O–H groups in total. The Kier molecular flexibility index (Phi) is 6.39. The third-order valence-electron chi connectivity index (χ3n) is 9.63. The van der Waals surface area contributed by atoms with E-state index in [0.29, 0.717) is 0 Å². The van der Waals surface area contributed by atoms with Crippen molar-refractivity contribution in [2.75, 3.05) is 4.90 Å². The van der Waals surface area contributed by atoms with Gasteiger partial charge in [0.15, 0.2) is 0 Å². The minimum atomic E-state index is 0.921. The smallest absolute Gasteiger partial charge is 0.136 e. The topological polar surface area (TPSA) is 16.4 Å². The van der Waals surface area contributed by atoms with E-state index in [9.17, 15) is 0 Å². The lowest BCUT2D eigenvalue weighted by molar-refractivity contribution is 0.669. The van der Waals surface area contributed by atoms with Crippen LogP contribution in [0.15, 0.2) is 180 Å². The Balaban J connectivity index is 1.07. The zero-order valence-electron chi connectivity index (χ0n) is 26.5. The molecule has 2 nitrogen and oxygen atoms in total. The van der Waals surface area contributed by atoms with E-state index >= 15 is 0 Å². The fourth-order valence-electron chi connectivity index (χ4n) is 7.21. The van der Waals surface area contributed by atoms with Gasteiger partial charge in [-0.05, 0) is 99.8 Å². The van der Waals surface area contributed by atoms with Crippen molar-refractivity contribution < 1.29 is 4.42 Å². The van der Waals surface area contributed by atoms with Crippen molar-refractivity contribution in [3.8, 4) is 22.3 Å². The second-order valence-corrected chi connectivity index (χ2v) is 13.7. The highest BCUT2D eigenvalue weighted by Gasteiger charge is 2.16. The van der Waals surface area contributed by atoms with E-state index in [0.717, 1.165) is 39.0 Å². The molecule has 10 aromatic rings. The summed E-state index contributed by atoms with van der Waals surface area (Å²) in [6.07, 6.45) is 0. The first-order valence-electron chi connectivity index (χ1n) is 16.6. The number of nitrogens with zero attached hydrogens (tertiary/aromatic N) is 1. The lowest BCUT2D eigenvalue weighted by Crippen LogP contribution is -2.09. The van der Waals surface area contributed by atoms with Gasteiger partial charge >= 0.3 is 0 Å². The predicted octanol–water partition coefficient (Wildman–Crippen LogP) is 13.9. The largest absolute Gasteiger partial charge is 0.456 e. The van der Waals surface area contributed by atoms with Gasteiger partial charge in [-0.25, -0.2) is 0 Å². The summed E-state index contributed by atoms with van der Waals surface area (Å²) in [5.41, 5.74) is 9.96. The molecule has 0 saturated heterocycles. The molecule has 0 unspecified atom stereocenters. The summed E-state index contributed by atoms with van der Waals surface area (Å²) in [7, 11) is 0. The van der Waals surface area contributed by atoms with E-state index in [-0.39, 0.29) is 0 Å². The molecule has 0 fully saturated rings. The Morgan fingerprint density at radius 1 is 0.347 bits per heavy atom. The highest BCUT2D eigenvalue weighted by Crippen LogP contribution is 2.42. The number of benzene rings is 8. The molecule has 0 aliphatic carbocycles. The van der Waals surface area contributed by atoms with Crippen LogP contribution in [0.25, 0.3) is 75.1 Å². The first kappa shape index (κ1) is 27.9. The summed E-state index contributed by atoms with van der Waals surface area (Å²) in [4.78, 5) is 2.37. The molecule has 0 radical (unpaired) electrons. The van der Waals surface area contributed by atoms with Crippen LogP contribution in [0.5, 0.6) is 0 Å². The maximum Gasteiger partial charge on any atom is 0.136 e. The third-order valence-corrected chi connectivity index (χ3v) is 10.8. The Labute approximate surface area is 287 Å². The number of furan rings is 1. The van der Waals surface area contributed by atoms with Gasteiger partial charge in [0, 0.05) is 48.0 Å². The number of hydrogen-bond donors (Lipinski definition) is 0. The van der Waals surface area contributed by atoms with E-state index < -0.39 is 0 Å². The number of fused-ring (bicyclic) bond motifs is 7. The number of anilines is 3. The van der Waals surface area contributed by atoms with Crippen molar-refractivity contribution in [2.24, 2.45) is 0 Å². The van der Waals surface area contributed by atoms with E-state index in [1.54, 1.807) is 0 Å². The predicted molar refractivity (Wildman–Crippen MR) is 210 cm³/mol. The molecule has 0 saturated carbocycles. The van der Waals surface area contributed by atoms with Gasteiger partial charge in [0.2, 0.25) is 0 Å². The molecule has 8 aromatic carbocycles. The van der Waals surface area contributed by atoms with Crippen LogP contribution in [0.4, 0.5) is 17.1 Å². The highest BCUT2D eigenvalue weighted by atomic mass is 32.1. The van der Waals surface area contributed by atoms with Crippen LogP contribution in [-0.4, -0.2) is 0 Å². The summed E-state index contributed by atoms with van der Waals surface area (Å²) in [6, 6.07) is 63.4. The Morgan fingerprint density at radius 3 is 1.92 bits per heavy atom. The molecular formula is C46H29NOS. The average molecular weight is 644 g/mol. The zero-order valence-corrected chi connectivity index (χ0v) is 27.3. The number of para-hydroxylation sites is 1. The molecule has 0 amide bonds. The van der Waals surface area contributed by atoms with Crippen LogP contribution in [0.2, 0.25) is 0 Å². The Morgan fingerprint density at radius 2 is 1.02 bits per heavy atom. The molecule has 0 bridgehead atoms. The highest BCUT2D eigenvalue weighted by molar-refractivity contribution is 7.25. The SMILES string of the molecule is c1ccc(-c2cccc(N(c3ccc(-c4ccc5cc6c(cc5c4)oc4ccccc46)cc3)c3ccc4c(c3)sc3ccccc34)c2)cc1. The average Bonchev–Trinajstić information content (AvgIpc) is 3.72. The first-order valence-corrected chi connectivity index (χ1v) is 17.4. The van der Waals surface area contributed by atoms with E-state index in [2.05, 4.69) is 169 Å². The summed E-state index contributed by atoms with van der Waals surface area (Å²) < 4.78 is 8.81. The molecule has 49 heavy (non-hydrogen) atoms. The van der Waals surface area contributed by atoms with Crippen LogP contribution in [0, 0.1) is 0 Å². The lowest BCUT2D eigenvalue weighted by atomic mass is 9.99. The molecule has 230 valence electrons. The van der Waals surface area contributed by atoms with Crippen LogP contribution in [0.1, 0.15) is 0 Å². The van der Waals surface area contributed by atoms with Gasteiger partial charge in [-0.15, -0.1) is 11.3 Å². The van der Waals surface area contributed by atoms with E-state index in [4.69, 9.17) is 4.42 Å². The van der Waals surface area contributed by atoms with Gasteiger partial charge in [-0.2, -0.15) is 0 Å². The van der Waals surface area contributed by atoms with Crippen molar-refractivity contribution in [1.29, 1.82) is 0 Å². The van der Waals surface area contributed by atoms with Crippen molar-refractivity contribution in [3.05, 3.63) is 176 Å². The monoisotopic (exact) mass is 643 g/mol. The van der Waals surface area contributed by atoms with Crippen LogP contribution in [-0.2, 0) is 0 Å². The number of rotatable bonds is 5. The minimum absolute atomic E-state index is 0.921. The second-order valence-electron chi connectivity index (χ2n) is 12.6. The summed E-state index contributed by atoms with van der Waals surface area (Å²) >= 11 is 1.85. The number of thiophene rings is 1. The minimum Gasteiger partial charge on any atom is -0.456 e. The van der Waals surface area contributed by atoms with Gasteiger partial charge in [-0.1, -0.05) is 109 Å². The Bertz CT molecular complexity index is 2830. The van der Waals surface area contributed by atoms with Gasteiger partial charge in [-0.3, -0.25) is 0 Å². The second kappa shape index (κ2) is 11.2. The van der Waals surface area contributed by atoms with Crippen molar-refractivity contribution in [2.45, 2.75) is 0 Å². The van der Waals surface area contributed by atoms with Gasteiger partial charge < -0.3 is 9.32 Å². The first-order chi connectivity index (χ1) is 24.2. The molecule has 2 aromatic heterocycles. The summed E-state index contributed by atoms with van der Waals surface area (Å²) in [5.74, 6) is 0. The molecule has 2 heterocycles. The third kappa shape index (κ3) is 4.78. The standard InChI is InChI=1S/C46H29NOS/c1-2-9-30(10-3-1)32-11-8-12-37(26-32)47(38-23-24-41-40-14-5-7-16-45(40)49-46(41)29-38)36-21-19-31(20-22-36)33-17-18-34-27-42-39-13-4-6-15-43(39)48-44(42)28-35(34)25-33/h1-29H. The van der Waals surface area contributed by atoms with E-state index in [1.165, 1.54) is 53.2 Å². The summed E-state index contributed by atoms with van der Waals surface area (Å²) in [6.45, 7) is 0. The molecule has 10 rings (SSSR count). The van der Waals surface area contributed by atoms with Gasteiger partial charge in [0.05, 0.1) is 0 Å². The lowest BCUT2D eigenvalue weighted by Gasteiger charge is -2.26.